The third kappa shape index (κ3) is 5.11. The van der Waals surface area contributed by atoms with Crippen LogP contribution in [0.15, 0.2) is 27.4 Å². The molecule has 0 radical (unpaired) electrons. The van der Waals surface area contributed by atoms with Gasteiger partial charge in [0.2, 0.25) is 0 Å². The molecule has 2 aromatic rings. The zero-order valence-electron chi connectivity index (χ0n) is 16.6. The lowest BCUT2D eigenvalue weighted by Gasteiger charge is -2.30. The Balaban J connectivity index is 1.79. The van der Waals surface area contributed by atoms with Crippen molar-refractivity contribution in [3.63, 3.8) is 0 Å². The first-order chi connectivity index (χ1) is 13.6. The summed E-state index contributed by atoms with van der Waals surface area (Å²) in [6.45, 7) is 5.87. The molecule has 1 atom stereocenters. The Kier molecular flexibility index (Phi) is 6.24. The maximum absolute atomic E-state index is 12.8. The molecule has 1 aliphatic rings. The van der Waals surface area contributed by atoms with Crippen molar-refractivity contribution in [2.75, 3.05) is 24.7 Å². The van der Waals surface area contributed by atoms with Crippen molar-refractivity contribution >= 4 is 38.3 Å². The third-order valence-corrected chi connectivity index (χ3v) is 6.93. The molecular formula is C20H24ClNO6S. The second-order valence-electron chi connectivity index (χ2n) is 7.81. The highest BCUT2D eigenvalue weighted by atomic mass is 35.5. The molecule has 1 saturated heterocycles. The van der Waals surface area contributed by atoms with E-state index in [4.69, 9.17) is 20.8 Å². The largest absolute Gasteiger partial charge is 0.482 e. The van der Waals surface area contributed by atoms with Gasteiger partial charge in [0, 0.05) is 30.1 Å². The van der Waals surface area contributed by atoms with Crippen molar-refractivity contribution in [3.8, 4) is 5.75 Å². The standard InChI is InChI=1S/C20H24ClNO6S/c1-12(2)9-22(14-4-5-29(25,26)11-14)19(23)10-27-18-8-17-15(7-16(18)21)13(3)6-20(24)28-17/h6-8,12,14H,4-5,9-11H2,1-3H3/t14-/m1/s1. The van der Waals surface area contributed by atoms with Crippen molar-refractivity contribution in [3.05, 3.63) is 39.2 Å². The molecule has 9 heteroatoms. The lowest BCUT2D eigenvalue weighted by atomic mass is 10.1. The van der Waals surface area contributed by atoms with Gasteiger partial charge in [-0.2, -0.15) is 0 Å². The number of fused-ring (bicyclic) bond motifs is 1. The normalized spacial score (nSPS) is 18.3. The summed E-state index contributed by atoms with van der Waals surface area (Å²) in [5.74, 6) is 0.179. The molecule has 29 heavy (non-hydrogen) atoms. The molecule has 1 aromatic carbocycles. The average Bonchev–Trinajstić information content (AvgIpc) is 2.97. The van der Waals surface area contributed by atoms with Crippen LogP contribution in [-0.4, -0.2) is 49.9 Å². The minimum absolute atomic E-state index is 0.0212. The van der Waals surface area contributed by atoms with Crippen LogP contribution >= 0.6 is 11.6 Å². The van der Waals surface area contributed by atoms with E-state index >= 15 is 0 Å². The molecule has 2 heterocycles. The molecular weight excluding hydrogens is 418 g/mol. The van der Waals surface area contributed by atoms with Gasteiger partial charge in [0.05, 0.1) is 16.5 Å². The minimum atomic E-state index is -3.11. The van der Waals surface area contributed by atoms with Crippen molar-refractivity contribution < 1.29 is 22.4 Å². The Labute approximate surface area is 174 Å². The maximum atomic E-state index is 12.8. The van der Waals surface area contributed by atoms with Crippen LogP contribution < -0.4 is 10.4 Å². The van der Waals surface area contributed by atoms with Crippen LogP contribution in [0.1, 0.15) is 25.8 Å². The zero-order valence-corrected chi connectivity index (χ0v) is 18.2. The predicted molar refractivity (Wildman–Crippen MR) is 111 cm³/mol. The summed E-state index contributed by atoms with van der Waals surface area (Å²) < 4.78 is 34.5. The van der Waals surface area contributed by atoms with E-state index in [1.54, 1.807) is 17.9 Å². The number of nitrogens with zero attached hydrogens (tertiary/aromatic N) is 1. The lowest BCUT2D eigenvalue weighted by molar-refractivity contribution is -0.135. The van der Waals surface area contributed by atoms with Crippen molar-refractivity contribution in [2.24, 2.45) is 5.92 Å². The van der Waals surface area contributed by atoms with E-state index in [1.807, 2.05) is 13.8 Å². The number of carbonyl (C=O) groups is 1. The van der Waals surface area contributed by atoms with Crippen molar-refractivity contribution in [1.82, 2.24) is 4.90 Å². The Morgan fingerprint density at radius 3 is 2.69 bits per heavy atom. The van der Waals surface area contributed by atoms with Crippen LogP contribution in [0.5, 0.6) is 5.75 Å². The number of halogens is 1. The second-order valence-corrected chi connectivity index (χ2v) is 10.4. The average molecular weight is 442 g/mol. The fourth-order valence-corrected chi connectivity index (χ4v) is 5.47. The van der Waals surface area contributed by atoms with Gasteiger partial charge in [-0.3, -0.25) is 4.79 Å². The second kappa shape index (κ2) is 8.36. The quantitative estimate of drug-likeness (QED) is 0.640. The first kappa shape index (κ1) is 21.6. The summed E-state index contributed by atoms with van der Waals surface area (Å²) in [6.07, 6.45) is 0.432. The fraction of sp³-hybridized carbons (Fsp3) is 0.500. The smallest absolute Gasteiger partial charge is 0.336 e. The summed E-state index contributed by atoms with van der Waals surface area (Å²) in [6, 6.07) is 4.16. The van der Waals surface area contributed by atoms with E-state index in [0.29, 0.717) is 29.0 Å². The van der Waals surface area contributed by atoms with Crippen LogP contribution in [0.25, 0.3) is 11.0 Å². The highest BCUT2D eigenvalue weighted by Crippen LogP contribution is 2.31. The van der Waals surface area contributed by atoms with Gasteiger partial charge in [0.15, 0.2) is 16.4 Å². The Morgan fingerprint density at radius 1 is 1.34 bits per heavy atom. The molecule has 7 nitrogen and oxygen atoms in total. The minimum Gasteiger partial charge on any atom is -0.482 e. The van der Waals surface area contributed by atoms with Gasteiger partial charge in [0.25, 0.3) is 5.91 Å². The van der Waals surface area contributed by atoms with E-state index in [1.165, 1.54) is 12.1 Å². The SMILES string of the molecule is Cc1cc(=O)oc2cc(OCC(=O)N(CC(C)C)[C@@H]3CCS(=O)(=O)C3)c(Cl)cc12. The van der Waals surface area contributed by atoms with E-state index in [2.05, 4.69) is 0 Å². The van der Waals surface area contributed by atoms with Crippen molar-refractivity contribution in [2.45, 2.75) is 33.2 Å². The number of hydrogen-bond acceptors (Lipinski definition) is 6. The third-order valence-electron chi connectivity index (χ3n) is 4.89. The summed E-state index contributed by atoms with van der Waals surface area (Å²) in [4.78, 5) is 26.0. The molecule has 0 unspecified atom stereocenters. The number of aryl methyl sites for hydroxylation is 1. The molecule has 0 N–H and O–H groups in total. The number of amides is 1. The van der Waals surface area contributed by atoms with Crippen LogP contribution in [0.4, 0.5) is 0 Å². The van der Waals surface area contributed by atoms with Gasteiger partial charge >= 0.3 is 5.63 Å². The molecule has 1 amide bonds. The van der Waals surface area contributed by atoms with Gasteiger partial charge in [0.1, 0.15) is 11.3 Å². The number of ether oxygens (including phenoxy) is 1. The number of benzene rings is 1. The number of carbonyl (C=O) groups excluding carboxylic acids is 1. The monoisotopic (exact) mass is 441 g/mol. The Morgan fingerprint density at radius 2 is 2.07 bits per heavy atom. The van der Waals surface area contributed by atoms with E-state index in [9.17, 15) is 18.0 Å². The highest BCUT2D eigenvalue weighted by Gasteiger charge is 2.35. The molecule has 0 bridgehead atoms. The topological polar surface area (TPSA) is 93.9 Å². The molecule has 3 rings (SSSR count). The maximum Gasteiger partial charge on any atom is 0.336 e. The van der Waals surface area contributed by atoms with E-state index in [-0.39, 0.29) is 41.7 Å². The summed E-state index contributed by atoms with van der Waals surface area (Å²) >= 11 is 6.28. The van der Waals surface area contributed by atoms with Crippen LogP contribution in [-0.2, 0) is 14.6 Å². The zero-order chi connectivity index (χ0) is 21.3. The summed E-state index contributed by atoms with van der Waals surface area (Å²) in [5.41, 5.74) is 0.569. The van der Waals surface area contributed by atoms with E-state index < -0.39 is 15.5 Å². The van der Waals surface area contributed by atoms with Gasteiger partial charge < -0.3 is 14.1 Å². The van der Waals surface area contributed by atoms with Crippen molar-refractivity contribution in [1.29, 1.82) is 0 Å². The van der Waals surface area contributed by atoms with Gasteiger partial charge in [-0.05, 0) is 30.9 Å². The van der Waals surface area contributed by atoms with E-state index in [0.717, 1.165) is 5.56 Å². The molecule has 1 aliphatic heterocycles. The van der Waals surface area contributed by atoms with Crippen LogP contribution in [0.3, 0.4) is 0 Å². The Hall–Kier alpha value is -2.06. The molecule has 0 spiro atoms. The summed E-state index contributed by atoms with van der Waals surface area (Å²) in [5, 5.41) is 0.979. The fourth-order valence-electron chi connectivity index (χ4n) is 3.52. The number of sulfone groups is 1. The Bertz CT molecular complexity index is 1090. The molecule has 158 valence electrons. The first-order valence-electron chi connectivity index (χ1n) is 9.42. The van der Waals surface area contributed by atoms with Gasteiger partial charge in [-0.1, -0.05) is 25.4 Å². The first-order valence-corrected chi connectivity index (χ1v) is 11.6. The molecule has 0 aliphatic carbocycles. The van der Waals surface area contributed by atoms with Gasteiger partial charge in [-0.25, -0.2) is 13.2 Å². The number of rotatable bonds is 6. The molecule has 1 aromatic heterocycles. The number of hydrogen-bond donors (Lipinski definition) is 0. The summed E-state index contributed by atoms with van der Waals surface area (Å²) in [7, 11) is -3.11. The highest BCUT2D eigenvalue weighted by molar-refractivity contribution is 7.91. The molecule has 1 fully saturated rings. The molecule has 0 saturated carbocycles. The predicted octanol–water partition coefficient (Wildman–Crippen LogP) is 2.81. The van der Waals surface area contributed by atoms with Crippen LogP contribution in [0, 0.1) is 12.8 Å². The lowest BCUT2D eigenvalue weighted by Crippen LogP contribution is -2.45. The van der Waals surface area contributed by atoms with Crippen LogP contribution in [0.2, 0.25) is 5.02 Å². The van der Waals surface area contributed by atoms with Gasteiger partial charge in [-0.15, -0.1) is 0 Å².